The zero-order valence-electron chi connectivity index (χ0n) is 14.1. The minimum absolute atomic E-state index is 0.0453. The van der Waals surface area contributed by atoms with Crippen molar-refractivity contribution in [1.82, 2.24) is 19.9 Å². The molecule has 0 aliphatic carbocycles. The number of fused-ring (bicyclic) bond motifs is 1. The number of methoxy groups -OCH3 is 1. The third-order valence-corrected chi connectivity index (χ3v) is 3.79. The predicted octanol–water partition coefficient (Wildman–Crippen LogP) is 4.76. The molecule has 10 heteroatoms. The Bertz CT molecular complexity index is 936. The molecular formula is C17H14ClF3N4O2. The highest BCUT2D eigenvalue weighted by Gasteiger charge is 2.26. The number of aromatic nitrogens is 4. The number of halogens is 4. The molecule has 0 atom stereocenters. The van der Waals surface area contributed by atoms with E-state index in [1.807, 2.05) is 0 Å². The van der Waals surface area contributed by atoms with Gasteiger partial charge in [0.05, 0.1) is 41.1 Å². The molecule has 0 fully saturated rings. The number of hydrogen-bond acceptors (Lipinski definition) is 6. The van der Waals surface area contributed by atoms with Gasteiger partial charge in [0, 0.05) is 6.42 Å². The van der Waals surface area contributed by atoms with E-state index in [-0.39, 0.29) is 24.9 Å². The summed E-state index contributed by atoms with van der Waals surface area (Å²) < 4.78 is 48.3. The van der Waals surface area contributed by atoms with Crippen molar-refractivity contribution in [1.29, 1.82) is 0 Å². The number of benzene rings is 1. The van der Waals surface area contributed by atoms with E-state index < -0.39 is 12.6 Å². The SMILES string of the molecule is COc1nc(CCCC(F)(F)F)c2c(Oc3ncc(Cl)cn3)cccc2n1. The fraction of sp³-hybridized carbons (Fsp3) is 0.294. The number of aryl methyl sites for hydroxylation is 1. The van der Waals surface area contributed by atoms with E-state index in [1.54, 1.807) is 18.2 Å². The molecule has 0 aliphatic heterocycles. The summed E-state index contributed by atoms with van der Waals surface area (Å²) >= 11 is 5.76. The quantitative estimate of drug-likeness (QED) is 0.596. The Kier molecular flexibility index (Phi) is 5.59. The molecule has 0 amide bonds. The monoisotopic (exact) mass is 398 g/mol. The van der Waals surface area contributed by atoms with Gasteiger partial charge in [-0.25, -0.2) is 9.97 Å². The molecule has 2 aromatic heterocycles. The minimum atomic E-state index is -4.23. The van der Waals surface area contributed by atoms with Gasteiger partial charge in [-0.15, -0.1) is 0 Å². The van der Waals surface area contributed by atoms with Crippen LogP contribution >= 0.6 is 11.6 Å². The lowest BCUT2D eigenvalue weighted by Gasteiger charge is -2.12. The minimum Gasteiger partial charge on any atom is -0.467 e. The van der Waals surface area contributed by atoms with Crippen molar-refractivity contribution in [2.24, 2.45) is 0 Å². The molecule has 1 aromatic carbocycles. The molecule has 0 bridgehead atoms. The van der Waals surface area contributed by atoms with Crippen LogP contribution in [-0.4, -0.2) is 33.2 Å². The second-order valence-corrected chi connectivity index (χ2v) is 6.00. The third-order valence-electron chi connectivity index (χ3n) is 3.59. The maximum atomic E-state index is 12.5. The Labute approximate surface area is 157 Å². The molecule has 3 rings (SSSR count). The fourth-order valence-electron chi connectivity index (χ4n) is 2.47. The summed E-state index contributed by atoms with van der Waals surface area (Å²) in [5.41, 5.74) is 0.876. The van der Waals surface area contributed by atoms with Crippen molar-refractivity contribution in [3.05, 3.63) is 41.3 Å². The van der Waals surface area contributed by atoms with Crippen molar-refractivity contribution in [3.63, 3.8) is 0 Å². The Balaban J connectivity index is 1.99. The van der Waals surface area contributed by atoms with E-state index >= 15 is 0 Å². The normalized spacial score (nSPS) is 11.6. The van der Waals surface area contributed by atoms with Gasteiger partial charge in [0.1, 0.15) is 5.75 Å². The molecule has 0 spiro atoms. The first-order valence-electron chi connectivity index (χ1n) is 7.91. The molecule has 27 heavy (non-hydrogen) atoms. The van der Waals surface area contributed by atoms with Gasteiger partial charge in [-0.05, 0) is 25.0 Å². The lowest BCUT2D eigenvalue weighted by molar-refractivity contribution is -0.135. The second kappa shape index (κ2) is 7.91. The highest BCUT2D eigenvalue weighted by atomic mass is 35.5. The molecule has 0 N–H and O–H groups in total. The first-order chi connectivity index (χ1) is 12.9. The highest BCUT2D eigenvalue weighted by Crippen LogP contribution is 2.32. The number of rotatable bonds is 6. The maximum absolute atomic E-state index is 12.5. The van der Waals surface area contributed by atoms with E-state index in [1.165, 1.54) is 19.5 Å². The van der Waals surface area contributed by atoms with Crippen LogP contribution < -0.4 is 9.47 Å². The average molecular weight is 399 g/mol. The van der Waals surface area contributed by atoms with Crippen molar-refractivity contribution >= 4 is 22.5 Å². The van der Waals surface area contributed by atoms with Crippen LogP contribution in [0.4, 0.5) is 13.2 Å². The summed E-state index contributed by atoms with van der Waals surface area (Å²) in [4.78, 5) is 16.4. The molecule has 6 nitrogen and oxygen atoms in total. The second-order valence-electron chi connectivity index (χ2n) is 5.56. The van der Waals surface area contributed by atoms with E-state index in [4.69, 9.17) is 21.1 Å². The summed E-state index contributed by atoms with van der Waals surface area (Å²) in [6.07, 6.45) is -2.44. The van der Waals surface area contributed by atoms with Crippen molar-refractivity contribution < 1.29 is 22.6 Å². The van der Waals surface area contributed by atoms with Crippen LogP contribution in [0.2, 0.25) is 5.02 Å². The van der Waals surface area contributed by atoms with E-state index in [2.05, 4.69) is 19.9 Å². The molecule has 0 radical (unpaired) electrons. The number of ether oxygens (including phenoxy) is 2. The molecular weight excluding hydrogens is 385 g/mol. The van der Waals surface area contributed by atoms with Crippen LogP contribution in [-0.2, 0) is 6.42 Å². The summed E-state index contributed by atoms with van der Waals surface area (Å²) in [6, 6.07) is 5.15. The maximum Gasteiger partial charge on any atom is 0.389 e. The van der Waals surface area contributed by atoms with Crippen LogP contribution in [0.15, 0.2) is 30.6 Å². The summed E-state index contributed by atoms with van der Waals surface area (Å²) in [6.45, 7) is 0. The standard InChI is InChI=1S/C17H14ClF3N4O2/c1-26-16-24-11-4-2-6-13(27-15-22-8-10(18)9-23-15)14(11)12(25-16)5-3-7-17(19,20)21/h2,4,6,8-9H,3,5,7H2,1H3. The summed E-state index contributed by atoms with van der Waals surface area (Å²) in [5, 5.41) is 0.834. The molecule has 142 valence electrons. The van der Waals surface area contributed by atoms with Gasteiger partial charge >= 0.3 is 18.2 Å². The van der Waals surface area contributed by atoms with E-state index in [0.29, 0.717) is 27.4 Å². The molecule has 0 saturated carbocycles. The van der Waals surface area contributed by atoms with Gasteiger partial charge in [0.15, 0.2) is 0 Å². The van der Waals surface area contributed by atoms with Crippen LogP contribution in [0.1, 0.15) is 18.5 Å². The van der Waals surface area contributed by atoms with Gasteiger partial charge in [0.25, 0.3) is 0 Å². The van der Waals surface area contributed by atoms with Crippen LogP contribution in [0.5, 0.6) is 17.8 Å². The topological polar surface area (TPSA) is 70.0 Å². The number of hydrogen-bond donors (Lipinski definition) is 0. The molecule has 2 heterocycles. The van der Waals surface area contributed by atoms with Gasteiger partial charge in [-0.3, -0.25) is 0 Å². The first kappa shape index (κ1) is 19.1. The number of nitrogens with zero attached hydrogens (tertiary/aromatic N) is 4. The highest BCUT2D eigenvalue weighted by molar-refractivity contribution is 6.30. The van der Waals surface area contributed by atoms with Gasteiger partial charge in [-0.2, -0.15) is 23.1 Å². The van der Waals surface area contributed by atoms with E-state index in [9.17, 15) is 13.2 Å². The zero-order chi connectivity index (χ0) is 19.4. The van der Waals surface area contributed by atoms with E-state index in [0.717, 1.165) is 0 Å². The van der Waals surface area contributed by atoms with Crippen LogP contribution in [0, 0.1) is 0 Å². The smallest absolute Gasteiger partial charge is 0.389 e. The number of alkyl halides is 3. The van der Waals surface area contributed by atoms with Crippen molar-refractivity contribution in [2.75, 3.05) is 7.11 Å². The summed E-state index contributed by atoms with van der Waals surface area (Å²) in [7, 11) is 1.39. The Morgan fingerprint density at radius 2 is 1.81 bits per heavy atom. The largest absolute Gasteiger partial charge is 0.467 e. The van der Waals surface area contributed by atoms with Gasteiger partial charge < -0.3 is 9.47 Å². The molecule has 0 saturated heterocycles. The lowest BCUT2D eigenvalue weighted by atomic mass is 10.1. The lowest BCUT2D eigenvalue weighted by Crippen LogP contribution is -2.08. The van der Waals surface area contributed by atoms with Crippen molar-refractivity contribution in [2.45, 2.75) is 25.4 Å². The van der Waals surface area contributed by atoms with Crippen LogP contribution in [0.3, 0.4) is 0 Å². The molecule has 0 unspecified atom stereocenters. The Hall–Kier alpha value is -2.68. The molecule has 0 aliphatic rings. The first-order valence-corrected chi connectivity index (χ1v) is 8.29. The Morgan fingerprint density at radius 1 is 1.07 bits per heavy atom. The summed E-state index contributed by atoms with van der Waals surface area (Å²) in [5.74, 6) is 0.333. The Morgan fingerprint density at radius 3 is 2.48 bits per heavy atom. The average Bonchev–Trinajstić information content (AvgIpc) is 2.62. The molecule has 3 aromatic rings. The van der Waals surface area contributed by atoms with Gasteiger partial charge in [0.2, 0.25) is 0 Å². The predicted molar refractivity (Wildman–Crippen MR) is 92.2 cm³/mol. The fourth-order valence-corrected chi connectivity index (χ4v) is 2.56. The third kappa shape index (κ3) is 4.94. The van der Waals surface area contributed by atoms with Crippen molar-refractivity contribution in [3.8, 4) is 17.8 Å². The van der Waals surface area contributed by atoms with Crippen LogP contribution in [0.25, 0.3) is 10.9 Å². The van der Waals surface area contributed by atoms with Gasteiger partial charge in [-0.1, -0.05) is 17.7 Å². The zero-order valence-corrected chi connectivity index (χ0v) is 14.9.